The van der Waals surface area contributed by atoms with Gasteiger partial charge in [-0.15, -0.1) is 0 Å². The van der Waals surface area contributed by atoms with Gasteiger partial charge in [0.05, 0.1) is 7.11 Å². The quantitative estimate of drug-likeness (QED) is 0.743. The predicted octanol–water partition coefficient (Wildman–Crippen LogP) is 2.60. The fourth-order valence-corrected chi connectivity index (χ4v) is 3.38. The van der Waals surface area contributed by atoms with Gasteiger partial charge >= 0.3 is 0 Å². The van der Waals surface area contributed by atoms with Crippen molar-refractivity contribution in [2.24, 2.45) is 0 Å². The zero-order valence-corrected chi connectivity index (χ0v) is 12.7. The summed E-state index contributed by atoms with van der Waals surface area (Å²) in [5.41, 5.74) is 0.308. The number of rotatable bonds is 3. The maximum absolute atomic E-state index is 12.4. The highest BCUT2D eigenvalue weighted by atomic mass is 32.1. The molecular weight excluding hydrogens is 302 g/mol. The zero-order chi connectivity index (χ0) is 15.1. The van der Waals surface area contributed by atoms with E-state index < -0.39 is 0 Å². The molecule has 0 saturated carbocycles. The number of benzene rings is 1. The normalized spacial score (nSPS) is 13.3. The van der Waals surface area contributed by atoms with Crippen LogP contribution in [0, 0.1) is 0 Å². The van der Waals surface area contributed by atoms with Crippen molar-refractivity contribution in [1.29, 1.82) is 0 Å². The molecule has 0 atom stereocenters. The van der Waals surface area contributed by atoms with E-state index >= 15 is 0 Å². The van der Waals surface area contributed by atoms with E-state index in [9.17, 15) is 4.79 Å². The first kappa shape index (κ1) is 13.3. The molecule has 0 radical (unpaired) electrons. The van der Waals surface area contributed by atoms with E-state index in [0.717, 1.165) is 25.2 Å². The second-order valence-corrected chi connectivity index (χ2v) is 5.94. The second kappa shape index (κ2) is 5.10. The van der Waals surface area contributed by atoms with Crippen molar-refractivity contribution < 1.29 is 9.47 Å². The minimum absolute atomic E-state index is 0.0748. The van der Waals surface area contributed by atoms with Gasteiger partial charge in [-0.1, -0.05) is 17.4 Å². The Balaban J connectivity index is 1.74. The standard InChI is InChI=1S/C15H13N3O3S/c1-20-9-4-2-5-10(8-9)21-15-17-12-13(22-15)16-11-6-3-7-18(11)14(12)19/h2,4-5,8H,3,6-7H2,1H3. The van der Waals surface area contributed by atoms with Crippen LogP contribution < -0.4 is 15.0 Å². The lowest BCUT2D eigenvalue weighted by atomic mass is 10.3. The lowest BCUT2D eigenvalue weighted by Crippen LogP contribution is -2.20. The van der Waals surface area contributed by atoms with Crippen LogP contribution in [0.3, 0.4) is 0 Å². The summed E-state index contributed by atoms with van der Waals surface area (Å²) in [5, 5.41) is 0.414. The second-order valence-electron chi connectivity index (χ2n) is 5.00. The van der Waals surface area contributed by atoms with Crippen molar-refractivity contribution in [3.8, 4) is 16.7 Å². The summed E-state index contributed by atoms with van der Waals surface area (Å²) in [5.74, 6) is 2.16. The van der Waals surface area contributed by atoms with E-state index in [-0.39, 0.29) is 5.56 Å². The molecule has 0 unspecified atom stereocenters. The number of fused-ring (bicyclic) bond motifs is 2. The maximum Gasteiger partial charge on any atom is 0.281 e. The Morgan fingerprint density at radius 1 is 1.27 bits per heavy atom. The Hall–Kier alpha value is -2.41. The molecule has 1 aliphatic heterocycles. The van der Waals surface area contributed by atoms with E-state index in [1.807, 2.05) is 18.2 Å². The van der Waals surface area contributed by atoms with Gasteiger partial charge in [-0.25, -0.2) is 4.98 Å². The molecule has 0 fully saturated rings. The molecule has 112 valence electrons. The SMILES string of the molecule is COc1cccc(Oc2nc3c(=O)n4c(nc3s2)CCC4)c1. The molecule has 0 aliphatic carbocycles. The smallest absolute Gasteiger partial charge is 0.281 e. The van der Waals surface area contributed by atoms with Crippen LogP contribution in [-0.4, -0.2) is 21.6 Å². The summed E-state index contributed by atoms with van der Waals surface area (Å²) >= 11 is 1.29. The summed E-state index contributed by atoms with van der Waals surface area (Å²) in [6, 6.07) is 7.26. The molecule has 0 amide bonds. The van der Waals surface area contributed by atoms with Crippen LogP contribution in [-0.2, 0) is 13.0 Å². The molecule has 0 bridgehead atoms. The molecule has 4 rings (SSSR count). The first-order valence-electron chi connectivity index (χ1n) is 6.97. The van der Waals surface area contributed by atoms with Crippen molar-refractivity contribution in [2.45, 2.75) is 19.4 Å². The molecule has 22 heavy (non-hydrogen) atoms. The lowest BCUT2D eigenvalue weighted by molar-refractivity contribution is 0.409. The molecule has 6 nitrogen and oxygen atoms in total. The molecule has 7 heteroatoms. The topological polar surface area (TPSA) is 66.2 Å². The molecular formula is C15H13N3O3S. The number of nitrogens with zero attached hydrogens (tertiary/aromatic N) is 3. The minimum atomic E-state index is -0.0748. The fourth-order valence-electron chi connectivity index (χ4n) is 2.56. The number of aryl methyl sites for hydroxylation is 1. The van der Waals surface area contributed by atoms with Crippen molar-refractivity contribution in [3.63, 3.8) is 0 Å². The van der Waals surface area contributed by atoms with Crippen molar-refractivity contribution >= 4 is 21.7 Å². The Labute approximate surface area is 130 Å². The van der Waals surface area contributed by atoms with E-state index in [0.29, 0.717) is 27.0 Å². The predicted molar refractivity (Wildman–Crippen MR) is 83.1 cm³/mol. The highest BCUT2D eigenvalue weighted by Gasteiger charge is 2.19. The van der Waals surface area contributed by atoms with Crippen molar-refractivity contribution in [1.82, 2.24) is 14.5 Å². The monoisotopic (exact) mass is 315 g/mol. The van der Waals surface area contributed by atoms with Crippen LogP contribution in [0.2, 0.25) is 0 Å². The largest absolute Gasteiger partial charge is 0.497 e. The Morgan fingerprint density at radius 3 is 3.00 bits per heavy atom. The molecule has 0 spiro atoms. The van der Waals surface area contributed by atoms with Gasteiger partial charge in [-0.2, -0.15) is 4.98 Å². The molecule has 3 heterocycles. The minimum Gasteiger partial charge on any atom is -0.497 e. The van der Waals surface area contributed by atoms with Gasteiger partial charge in [-0.05, 0) is 18.6 Å². The van der Waals surface area contributed by atoms with Gasteiger partial charge in [0.1, 0.15) is 17.3 Å². The highest BCUT2D eigenvalue weighted by molar-refractivity contribution is 7.19. The zero-order valence-electron chi connectivity index (χ0n) is 11.9. The van der Waals surface area contributed by atoms with E-state index in [1.54, 1.807) is 17.7 Å². The van der Waals surface area contributed by atoms with Gasteiger partial charge in [0.2, 0.25) is 0 Å². The Morgan fingerprint density at radius 2 is 2.14 bits per heavy atom. The molecule has 1 aliphatic rings. The first-order valence-corrected chi connectivity index (χ1v) is 7.78. The Bertz CT molecular complexity index is 916. The molecule has 3 aromatic rings. The van der Waals surface area contributed by atoms with E-state index in [4.69, 9.17) is 9.47 Å². The van der Waals surface area contributed by atoms with Crippen LogP contribution in [0.1, 0.15) is 12.2 Å². The molecule has 1 aromatic carbocycles. The third-order valence-corrected chi connectivity index (χ3v) is 4.44. The summed E-state index contributed by atoms with van der Waals surface area (Å²) in [6.45, 7) is 0.723. The summed E-state index contributed by atoms with van der Waals surface area (Å²) < 4.78 is 12.6. The van der Waals surface area contributed by atoms with E-state index in [1.165, 1.54) is 11.3 Å². The maximum atomic E-state index is 12.4. The number of hydrogen-bond donors (Lipinski definition) is 0. The average Bonchev–Trinajstić information content (AvgIpc) is 3.14. The van der Waals surface area contributed by atoms with Gasteiger partial charge in [-0.3, -0.25) is 9.36 Å². The van der Waals surface area contributed by atoms with Crippen LogP contribution in [0.25, 0.3) is 10.3 Å². The summed E-state index contributed by atoms with van der Waals surface area (Å²) in [4.78, 5) is 21.8. The fraction of sp³-hybridized carbons (Fsp3) is 0.267. The number of ether oxygens (including phenoxy) is 2. The Kier molecular flexibility index (Phi) is 3.07. The third-order valence-electron chi connectivity index (χ3n) is 3.61. The average molecular weight is 315 g/mol. The van der Waals surface area contributed by atoms with Crippen LogP contribution in [0.5, 0.6) is 16.7 Å². The number of aromatic nitrogens is 3. The number of thiazole rings is 1. The van der Waals surface area contributed by atoms with Crippen LogP contribution in [0.15, 0.2) is 29.1 Å². The molecule has 2 aromatic heterocycles. The number of hydrogen-bond acceptors (Lipinski definition) is 6. The van der Waals surface area contributed by atoms with Gasteiger partial charge in [0, 0.05) is 19.0 Å². The van der Waals surface area contributed by atoms with Crippen molar-refractivity contribution in [2.75, 3.05) is 7.11 Å². The van der Waals surface area contributed by atoms with Gasteiger partial charge in [0.15, 0.2) is 10.3 Å². The highest BCUT2D eigenvalue weighted by Crippen LogP contribution is 2.31. The molecule has 0 saturated heterocycles. The van der Waals surface area contributed by atoms with Crippen molar-refractivity contribution in [3.05, 3.63) is 40.4 Å². The summed E-state index contributed by atoms with van der Waals surface area (Å²) in [6.07, 6.45) is 1.81. The van der Waals surface area contributed by atoms with Gasteiger partial charge in [0.25, 0.3) is 10.8 Å². The first-order chi connectivity index (χ1) is 10.7. The van der Waals surface area contributed by atoms with Crippen LogP contribution in [0.4, 0.5) is 0 Å². The lowest BCUT2D eigenvalue weighted by Gasteiger charge is -2.03. The van der Waals surface area contributed by atoms with Crippen LogP contribution >= 0.6 is 11.3 Å². The van der Waals surface area contributed by atoms with Gasteiger partial charge < -0.3 is 9.47 Å². The molecule has 0 N–H and O–H groups in total. The summed E-state index contributed by atoms with van der Waals surface area (Å²) in [7, 11) is 1.60. The van der Waals surface area contributed by atoms with E-state index in [2.05, 4.69) is 9.97 Å². The number of methoxy groups -OCH3 is 1. The third kappa shape index (κ3) is 2.14.